The number of amides is 1. The van der Waals surface area contributed by atoms with E-state index in [9.17, 15) is 9.18 Å². The summed E-state index contributed by atoms with van der Waals surface area (Å²) >= 11 is 0. The van der Waals surface area contributed by atoms with Crippen LogP contribution in [0.4, 0.5) is 16.0 Å². The zero-order chi connectivity index (χ0) is 18.3. The number of benzene rings is 1. The van der Waals surface area contributed by atoms with Crippen LogP contribution in [0.1, 0.15) is 16.2 Å². The molecule has 0 atom stereocenters. The Balaban J connectivity index is 1.55. The van der Waals surface area contributed by atoms with E-state index in [1.165, 1.54) is 6.07 Å². The van der Waals surface area contributed by atoms with E-state index >= 15 is 0 Å². The number of nitrogens with zero attached hydrogens (tertiary/aromatic N) is 5. The van der Waals surface area contributed by atoms with Crippen LogP contribution in [0.3, 0.4) is 0 Å². The third-order valence-corrected chi connectivity index (χ3v) is 4.52. The zero-order valence-corrected chi connectivity index (χ0v) is 14.2. The zero-order valence-electron chi connectivity index (χ0n) is 14.2. The van der Waals surface area contributed by atoms with Gasteiger partial charge in [0.1, 0.15) is 17.2 Å². The maximum atomic E-state index is 13.7. The number of piperazine rings is 1. The smallest absolute Gasteiger partial charge is 0.251 e. The second kappa shape index (κ2) is 6.25. The second-order valence-electron chi connectivity index (χ2n) is 6.24. The molecule has 0 bridgehead atoms. The fourth-order valence-electron chi connectivity index (χ4n) is 3.13. The van der Waals surface area contributed by atoms with Gasteiger partial charge in [-0.3, -0.25) is 4.79 Å². The maximum Gasteiger partial charge on any atom is 0.251 e. The number of imidazole rings is 1. The summed E-state index contributed by atoms with van der Waals surface area (Å²) in [6.45, 7) is 4.86. The van der Waals surface area contributed by atoms with E-state index in [4.69, 9.17) is 5.73 Å². The molecule has 9 heteroatoms. The number of H-pyrrole nitrogens is 1. The summed E-state index contributed by atoms with van der Waals surface area (Å²) in [5, 5.41) is 0. The number of hydrogen-bond donors (Lipinski definition) is 2. The van der Waals surface area contributed by atoms with Gasteiger partial charge in [-0.2, -0.15) is 0 Å². The molecule has 0 spiro atoms. The first-order valence-electron chi connectivity index (χ1n) is 8.29. The molecule has 3 heterocycles. The molecular formula is C17H18FN7O. The average Bonchev–Trinajstić information content (AvgIpc) is 3.05. The van der Waals surface area contributed by atoms with Crippen LogP contribution in [0.25, 0.3) is 11.0 Å². The Morgan fingerprint density at radius 2 is 1.81 bits per heavy atom. The van der Waals surface area contributed by atoms with Gasteiger partial charge in [0.05, 0.1) is 29.2 Å². The van der Waals surface area contributed by atoms with Crippen LogP contribution in [0.15, 0.2) is 24.5 Å². The van der Waals surface area contributed by atoms with Gasteiger partial charge in [-0.05, 0) is 19.1 Å². The van der Waals surface area contributed by atoms with Crippen LogP contribution < -0.4 is 15.5 Å². The van der Waals surface area contributed by atoms with Crippen LogP contribution in [-0.2, 0) is 0 Å². The highest BCUT2D eigenvalue weighted by Gasteiger charge is 2.22. The molecule has 1 aromatic carbocycles. The van der Waals surface area contributed by atoms with E-state index in [2.05, 4.69) is 29.7 Å². The van der Waals surface area contributed by atoms with Crippen molar-refractivity contribution in [3.8, 4) is 0 Å². The Morgan fingerprint density at radius 3 is 2.46 bits per heavy atom. The summed E-state index contributed by atoms with van der Waals surface area (Å²) in [5.74, 6) is 0.127. The molecule has 2 aromatic heterocycles. The molecule has 3 N–H and O–H groups in total. The number of carbonyl (C=O) groups is 1. The number of primary amides is 1. The number of aromatic amines is 1. The Bertz CT molecular complexity index is 961. The van der Waals surface area contributed by atoms with Crippen molar-refractivity contribution >= 4 is 28.6 Å². The van der Waals surface area contributed by atoms with Crippen LogP contribution in [-0.4, -0.2) is 52.0 Å². The molecule has 8 nitrogen and oxygen atoms in total. The van der Waals surface area contributed by atoms with Crippen molar-refractivity contribution in [1.29, 1.82) is 0 Å². The average molecular weight is 355 g/mol. The van der Waals surface area contributed by atoms with Crippen LogP contribution in [0.2, 0.25) is 0 Å². The fourth-order valence-corrected chi connectivity index (χ4v) is 3.13. The lowest BCUT2D eigenvalue weighted by Crippen LogP contribution is -2.47. The van der Waals surface area contributed by atoms with Crippen LogP contribution in [0.5, 0.6) is 0 Å². The molecule has 1 aliphatic heterocycles. The van der Waals surface area contributed by atoms with Crippen molar-refractivity contribution in [1.82, 2.24) is 19.9 Å². The van der Waals surface area contributed by atoms with Gasteiger partial charge in [0.2, 0.25) is 5.95 Å². The summed E-state index contributed by atoms with van der Waals surface area (Å²) in [4.78, 5) is 31.8. The summed E-state index contributed by atoms with van der Waals surface area (Å²) < 4.78 is 13.7. The van der Waals surface area contributed by atoms with E-state index in [1.807, 2.05) is 19.3 Å². The molecule has 134 valence electrons. The minimum atomic E-state index is -0.697. The predicted octanol–water partition coefficient (Wildman–Crippen LogP) is 1.23. The topological polar surface area (TPSA) is 104 Å². The highest BCUT2D eigenvalue weighted by molar-refractivity contribution is 6.04. The second-order valence-corrected chi connectivity index (χ2v) is 6.24. The Morgan fingerprint density at radius 1 is 1.15 bits per heavy atom. The molecule has 1 amide bonds. The molecule has 3 aromatic rings. The van der Waals surface area contributed by atoms with Gasteiger partial charge in [0.15, 0.2) is 0 Å². The predicted molar refractivity (Wildman–Crippen MR) is 95.8 cm³/mol. The largest absolute Gasteiger partial charge is 0.366 e. The van der Waals surface area contributed by atoms with Gasteiger partial charge in [-0.25, -0.2) is 19.3 Å². The summed E-state index contributed by atoms with van der Waals surface area (Å²) in [5.41, 5.74) is 7.26. The summed E-state index contributed by atoms with van der Waals surface area (Å²) in [7, 11) is 0. The lowest BCUT2D eigenvalue weighted by molar-refractivity contribution is 0.100. The number of aryl methyl sites for hydroxylation is 1. The molecule has 0 unspecified atom stereocenters. The number of anilines is 2. The molecule has 0 saturated carbocycles. The minimum absolute atomic E-state index is 0.0814. The third-order valence-electron chi connectivity index (χ3n) is 4.52. The van der Waals surface area contributed by atoms with E-state index in [0.717, 1.165) is 43.8 Å². The van der Waals surface area contributed by atoms with Crippen molar-refractivity contribution in [2.45, 2.75) is 6.92 Å². The van der Waals surface area contributed by atoms with Crippen LogP contribution in [0, 0.1) is 12.7 Å². The number of carbonyl (C=O) groups excluding carboxylic acids is 1. The van der Waals surface area contributed by atoms with E-state index < -0.39 is 11.7 Å². The Hall–Kier alpha value is -3.23. The first-order chi connectivity index (χ1) is 12.5. The van der Waals surface area contributed by atoms with Crippen molar-refractivity contribution in [2.75, 3.05) is 36.0 Å². The highest BCUT2D eigenvalue weighted by atomic mass is 19.1. The molecule has 1 aliphatic rings. The van der Waals surface area contributed by atoms with Gasteiger partial charge >= 0.3 is 0 Å². The first-order valence-corrected chi connectivity index (χ1v) is 8.29. The number of halogens is 1. The van der Waals surface area contributed by atoms with Crippen LogP contribution >= 0.6 is 0 Å². The minimum Gasteiger partial charge on any atom is -0.366 e. The number of nitrogens with two attached hydrogens (primary N) is 1. The van der Waals surface area contributed by atoms with E-state index in [0.29, 0.717) is 17.0 Å². The van der Waals surface area contributed by atoms with E-state index in [1.54, 1.807) is 0 Å². The number of fused-ring (bicyclic) bond motifs is 1. The summed E-state index contributed by atoms with van der Waals surface area (Å²) in [6, 6.07) is 2.43. The van der Waals surface area contributed by atoms with Gasteiger partial charge in [-0.1, -0.05) is 0 Å². The monoisotopic (exact) mass is 355 g/mol. The number of hydrogen-bond acceptors (Lipinski definition) is 6. The fraction of sp³-hybridized carbons (Fsp3) is 0.294. The SMILES string of the molecule is Cc1ncc(N2CCN(c3nc4c(C(N)=O)cc(F)cc4[nH]3)CC2)cn1. The lowest BCUT2D eigenvalue weighted by atomic mass is 10.1. The Labute approximate surface area is 148 Å². The number of rotatable bonds is 3. The molecular weight excluding hydrogens is 337 g/mol. The highest BCUT2D eigenvalue weighted by Crippen LogP contribution is 2.24. The molecule has 0 aliphatic carbocycles. The standard InChI is InChI=1S/C17H18FN7O/c1-10-20-8-12(9-21-10)24-2-4-25(5-3-24)17-22-14-7-11(18)6-13(16(19)26)15(14)23-17/h6-9H,2-5H2,1H3,(H2,19,26)(H,22,23). The Kier molecular flexibility index (Phi) is 3.90. The molecule has 4 rings (SSSR count). The van der Waals surface area contributed by atoms with Gasteiger partial charge in [0.25, 0.3) is 5.91 Å². The molecule has 1 saturated heterocycles. The quantitative estimate of drug-likeness (QED) is 0.732. The van der Waals surface area contributed by atoms with Crippen molar-refractivity contribution in [3.63, 3.8) is 0 Å². The number of nitrogens with one attached hydrogen (secondary N) is 1. The van der Waals surface area contributed by atoms with Crippen molar-refractivity contribution in [3.05, 3.63) is 41.7 Å². The normalized spacial score (nSPS) is 14.8. The summed E-state index contributed by atoms with van der Waals surface area (Å²) in [6.07, 6.45) is 3.64. The van der Waals surface area contributed by atoms with Gasteiger partial charge < -0.3 is 20.5 Å². The lowest BCUT2D eigenvalue weighted by Gasteiger charge is -2.35. The first kappa shape index (κ1) is 16.2. The number of aromatic nitrogens is 4. The molecule has 1 fully saturated rings. The van der Waals surface area contributed by atoms with Crippen molar-refractivity contribution in [2.24, 2.45) is 5.73 Å². The van der Waals surface area contributed by atoms with Gasteiger partial charge in [0, 0.05) is 26.2 Å². The molecule has 26 heavy (non-hydrogen) atoms. The van der Waals surface area contributed by atoms with E-state index in [-0.39, 0.29) is 5.56 Å². The maximum absolute atomic E-state index is 13.7. The molecule has 0 radical (unpaired) electrons. The third kappa shape index (κ3) is 2.92. The van der Waals surface area contributed by atoms with Gasteiger partial charge in [-0.15, -0.1) is 0 Å². The van der Waals surface area contributed by atoms with Crippen molar-refractivity contribution < 1.29 is 9.18 Å².